The molecule has 0 aliphatic carbocycles. The van der Waals surface area contributed by atoms with Crippen LogP contribution in [0.4, 0.5) is 4.39 Å². The summed E-state index contributed by atoms with van der Waals surface area (Å²) in [6.45, 7) is 4.82. The van der Waals surface area contributed by atoms with Gasteiger partial charge in [0.25, 0.3) is 0 Å². The third-order valence-corrected chi connectivity index (χ3v) is 3.92. The smallest absolute Gasteiger partial charge is 0.123 e. The summed E-state index contributed by atoms with van der Waals surface area (Å²) >= 11 is 0. The number of halogens is 1. The molecular weight excluding hydrogens is 243 g/mol. The lowest BCUT2D eigenvalue weighted by atomic mass is 9.92. The molecular formula is C15H23FN2O. The first kappa shape index (κ1) is 14.3. The Labute approximate surface area is 114 Å². The Hall–Kier alpha value is -1.13. The fourth-order valence-corrected chi connectivity index (χ4v) is 2.78. The van der Waals surface area contributed by atoms with Gasteiger partial charge in [0, 0.05) is 24.7 Å². The van der Waals surface area contributed by atoms with Crippen molar-refractivity contribution in [3.8, 4) is 5.75 Å². The molecule has 0 amide bonds. The Morgan fingerprint density at radius 1 is 1.53 bits per heavy atom. The van der Waals surface area contributed by atoms with E-state index in [1.807, 2.05) is 0 Å². The molecule has 19 heavy (non-hydrogen) atoms. The molecule has 1 saturated heterocycles. The Balaban J connectivity index is 2.06. The average molecular weight is 266 g/mol. The SMILES string of the molecule is COc1ccc(F)cc1CN1CCCC(C(C)N)C1. The summed E-state index contributed by atoms with van der Waals surface area (Å²) in [6.07, 6.45) is 2.35. The second kappa shape index (κ2) is 6.35. The Bertz CT molecular complexity index is 423. The summed E-state index contributed by atoms with van der Waals surface area (Å²) in [5.74, 6) is 1.08. The van der Waals surface area contributed by atoms with Gasteiger partial charge in [0.15, 0.2) is 0 Å². The highest BCUT2D eigenvalue weighted by atomic mass is 19.1. The number of ether oxygens (including phenoxy) is 1. The Morgan fingerprint density at radius 3 is 3.00 bits per heavy atom. The van der Waals surface area contributed by atoms with Crippen molar-refractivity contribution < 1.29 is 9.13 Å². The third kappa shape index (κ3) is 3.67. The zero-order chi connectivity index (χ0) is 13.8. The van der Waals surface area contributed by atoms with Crippen molar-refractivity contribution in [2.24, 2.45) is 11.7 Å². The lowest BCUT2D eigenvalue weighted by Gasteiger charge is -2.34. The van der Waals surface area contributed by atoms with E-state index in [2.05, 4.69) is 11.8 Å². The number of rotatable bonds is 4. The van der Waals surface area contributed by atoms with Crippen molar-refractivity contribution in [3.63, 3.8) is 0 Å². The molecule has 106 valence electrons. The predicted molar refractivity (Wildman–Crippen MR) is 74.6 cm³/mol. The summed E-state index contributed by atoms with van der Waals surface area (Å²) in [6, 6.07) is 4.91. The minimum atomic E-state index is -0.212. The molecule has 2 unspecified atom stereocenters. The lowest BCUT2D eigenvalue weighted by Crippen LogP contribution is -2.41. The van der Waals surface area contributed by atoms with Gasteiger partial charge in [0.2, 0.25) is 0 Å². The van der Waals surface area contributed by atoms with Crippen LogP contribution in [0.25, 0.3) is 0 Å². The molecule has 2 rings (SSSR count). The molecule has 3 nitrogen and oxygen atoms in total. The van der Waals surface area contributed by atoms with E-state index in [1.54, 1.807) is 19.2 Å². The van der Waals surface area contributed by atoms with Gasteiger partial charge in [-0.1, -0.05) is 0 Å². The maximum absolute atomic E-state index is 13.3. The largest absolute Gasteiger partial charge is 0.496 e. The van der Waals surface area contributed by atoms with Gasteiger partial charge >= 0.3 is 0 Å². The number of hydrogen-bond acceptors (Lipinski definition) is 3. The van der Waals surface area contributed by atoms with Crippen molar-refractivity contribution in [1.29, 1.82) is 0 Å². The van der Waals surface area contributed by atoms with E-state index in [-0.39, 0.29) is 11.9 Å². The maximum Gasteiger partial charge on any atom is 0.123 e. The molecule has 0 saturated carbocycles. The van der Waals surface area contributed by atoms with Crippen molar-refractivity contribution in [2.75, 3.05) is 20.2 Å². The van der Waals surface area contributed by atoms with Crippen molar-refractivity contribution in [2.45, 2.75) is 32.4 Å². The minimum Gasteiger partial charge on any atom is -0.496 e. The zero-order valence-corrected chi connectivity index (χ0v) is 11.7. The van der Waals surface area contributed by atoms with E-state index in [0.717, 1.165) is 37.4 Å². The van der Waals surface area contributed by atoms with Gasteiger partial charge in [0.1, 0.15) is 11.6 Å². The summed E-state index contributed by atoms with van der Waals surface area (Å²) in [5, 5.41) is 0. The lowest BCUT2D eigenvalue weighted by molar-refractivity contribution is 0.153. The van der Waals surface area contributed by atoms with Gasteiger partial charge < -0.3 is 10.5 Å². The normalized spacial score (nSPS) is 22.2. The molecule has 0 spiro atoms. The van der Waals surface area contributed by atoms with E-state index in [1.165, 1.54) is 12.5 Å². The number of nitrogens with two attached hydrogens (primary N) is 1. The first-order valence-electron chi connectivity index (χ1n) is 6.90. The molecule has 1 aliphatic heterocycles. The van der Waals surface area contributed by atoms with Gasteiger partial charge in [-0.2, -0.15) is 0 Å². The highest BCUT2D eigenvalue weighted by Gasteiger charge is 2.23. The summed E-state index contributed by atoms with van der Waals surface area (Å²) in [4.78, 5) is 2.34. The van der Waals surface area contributed by atoms with Gasteiger partial charge in [-0.15, -0.1) is 0 Å². The third-order valence-electron chi connectivity index (χ3n) is 3.92. The van der Waals surface area contributed by atoms with Crippen molar-refractivity contribution in [3.05, 3.63) is 29.6 Å². The van der Waals surface area contributed by atoms with Crippen LogP contribution in [0, 0.1) is 11.7 Å². The minimum absolute atomic E-state index is 0.212. The fraction of sp³-hybridized carbons (Fsp3) is 0.600. The molecule has 1 aromatic carbocycles. The van der Waals surface area contributed by atoms with Crippen LogP contribution in [0.3, 0.4) is 0 Å². The first-order valence-corrected chi connectivity index (χ1v) is 6.90. The Kier molecular flexibility index (Phi) is 4.77. The number of methoxy groups -OCH3 is 1. The maximum atomic E-state index is 13.3. The van der Waals surface area contributed by atoms with Crippen LogP contribution in [0.1, 0.15) is 25.3 Å². The quantitative estimate of drug-likeness (QED) is 0.909. The van der Waals surface area contributed by atoms with Gasteiger partial charge in [-0.3, -0.25) is 4.90 Å². The van der Waals surface area contributed by atoms with E-state index in [0.29, 0.717) is 5.92 Å². The molecule has 1 fully saturated rings. The van der Waals surface area contributed by atoms with Crippen LogP contribution in [-0.4, -0.2) is 31.1 Å². The molecule has 4 heteroatoms. The van der Waals surface area contributed by atoms with Crippen molar-refractivity contribution in [1.82, 2.24) is 4.90 Å². The number of hydrogen-bond donors (Lipinski definition) is 1. The first-order chi connectivity index (χ1) is 9.10. The van der Waals surface area contributed by atoms with E-state index >= 15 is 0 Å². The summed E-state index contributed by atoms with van der Waals surface area (Å²) < 4.78 is 18.6. The summed E-state index contributed by atoms with van der Waals surface area (Å²) in [5.41, 5.74) is 6.90. The zero-order valence-electron chi connectivity index (χ0n) is 11.7. The second-order valence-corrected chi connectivity index (χ2v) is 5.45. The van der Waals surface area contributed by atoms with Crippen LogP contribution in [0.2, 0.25) is 0 Å². The van der Waals surface area contributed by atoms with Gasteiger partial charge in [0.05, 0.1) is 7.11 Å². The van der Waals surface area contributed by atoms with E-state index in [4.69, 9.17) is 10.5 Å². The molecule has 2 atom stereocenters. The fourth-order valence-electron chi connectivity index (χ4n) is 2.78. The van der Waals surface area contributed by atoms with Gasteiger partial charge in [-0.25, -0.2) is 4.39 Å². The number of piperidine rings is 1. The van der Waals surface area contributed by atoms with Crippen LogP contribution in [0.5, 0.6) is 5.75 Å². The predicted octanol–water partition coefficient (Wildman–Crippen LogP) is 2.39. The molecule has 1 aliphatic rings. The van der Waals surface area contributed by atoms with Crippen molar-refractivity contribution >= 4 is 0 Å². The highest BCUT2D eigenvalue weighted by Crippen LogP contribution is 2.25. The second-order valence-electron chi connectivity index (χ2n) is 5.45. The highest BCUT2D eigenvalue weighted by molar-refractivity contribution is 5.33. The topological polar surface area (TPSA) is 38.5 Å². The number of benzene rings is 1. The standard InChI is InChI=1S/C15H23FN2O/c1-11(17)12-4-3-7-18(9-12)10-13-8-14(16)5-6-15(13)19-2/h5-6,8,11-12H,3-4,7,9-10,17H2,1-2H3. The van der Waals surface area contributed by atoms with E-state index < -0.39 is 0 Å². The van der Waals surface area contributed by atoms with Crippen LogP contribution in [0.15, 0.2) is 18.2 Å². The van der Waals surface area contributed by atoms with Crippen LogP contribution >= 0.6 is 0 Å². The summed E-state index contributed by atoms with van der Waals surface area (Å²) in [7, 11) is 1.62. The Morgan fingerprint density at radius 2 is 2.32 bits per heavy atom. The van der Waals surface area contributed by atoms with E-state index in [9.17, 15) is 4.39 Å². The number of nitrogens with zero attached hydrogens (tertiary/aromatic N) is 1. The van der Waals surface area contributed by atoms with Crippen LogP contribution < -0.4 is 10.5 Å². The van der Waals surface area contributed by atoms with Gasteiger partial charge in [-0.05, 0) is 50.4 Å². The molecule has 0 radical (unpaired) electrons. The number of likely N-dealkylation sites (tertiary alicyclic amines) is 1. The molecule has 0 bridgehead atoms. The molecule has 0 aromatic heterocycles. The average Bonchev–Trinajstić information content (AvgIpc) is 2.39. The monoisotopic (exact) mass is 266 g/mol. The molecule has 1 aromatic rings. The van der Waals surface area contributed by atoms with Crippen LogP contribution in [-0.2, 0) is 6.54 Å². The molecule has 1 heterocycles. The molecule has 2 N–H and O–H groups in total.